The molecule has 0 bridgehead atoms. The standard InChI is InChI=1S/C23H32NO4/c1-13(25)18-6-7-19-17-5-4-14-10-16(26)11-15(12-21(27)24-28)23(14,3)20(17)8-9-22(18,19)2/h10,12,15,17-20,28H,4-9,11H2,1-3H3,(H,24,27)/t15?,17-,18+,19-,20-,22+,23+/m0/s1. The minimum atomic E-state index is -0.527. The molecule has 7 atom stereocenters. The van der Waals surface area contributed by atoms with Crippen LogP contribution in [0.4, 0.5) is 0 Å². The Morgan fingerprint density at radius 3 is 2.61 bits per heavy atom. The molecule has 0 aromatic carbocycles. The second kappa shape index (κ2) is 6.79. The molecule has 0 aromatic rings. The number of allylic oxidation sites excluding steroid dienone is 1. The Labute approximate surface area is 167 Å². The summed E-state index contributed by atoms with van der Waals surface area (Å²) in [5.74, 6) is 1.37. The van der Waals surface area contributed by atoms with Crippen molar-refractivity contribution in [2.75, 3.05) is 0 Å². The summed E-state index contributed by atoms with van der Waals surface area (Å²) in [6.45, 7) is 6.31. The molecule has 4 aliphatic rings. The third kappa shape index (κ3) is 2.72. The third-order valence-corrected chi connectivity index (χ3v) is 9.13. The predicted molar refractivity (Wildman–Crippen MR) is 104 cm³/mol. The van der Waals surface area contributed by atoms with Crippen molar-refractivity contribution in [3.05, 3.63) is 18.1 Å². The summed E-state index contributed by atoms with van der Waals surface area (Å²) in [6, 6.07) is 0. The van der Waals surface area contributed by atoms with Gasteiger partial charge in [0.2, 0.25) is 5.91 Å². The molecule has 4 aliphatic carbocycles. The lowest BCUT2D eigenvalue weighted by molar-refractivity contribution is -0.132. The van der Waals surface area contributed by atoms with Crippen molar-refractivity contribution in [1.29, 1.82) is 0 Å². The van der Waals surface area contributed by atoms with E-state index in [1.807, 2.05) is 6.08 Å². The SMILES string of the molecule is CC(=O)[C@H]1CC[C@H]2[C@@H]3CCC4=CC(=O)CC([CH]C(=O)NO)[C@]4(C)[C@H]3CC[C@]12C. The van der Waals surface area contributed by atoms with E-state index in [4.69, 9.17) is 5.21 Å². The average Bonchev–Trinajstić information content (AvgIpc) is 3.00. The largest absolute Gasteiger partial charge is 0.300 e. The van der Waals surface area contributed by atoms with Crippen molar-refractivity contribution in [2.24, 2.45) is 40.4 Å². The second-order valence-electron chi connectivity index (χ2n) is 10.1. The minimum Gasteiger partial charge on any atom is -0.300 e. The van der Waals surface area contributed by atoms with Gasteiger partial charge in [0.25, 0.3) is 0 Å². The van der Waals surface area contributed by atoms with Gasteiger partial charge >= 0.3 is 0 Å². The highest BCUT2D eigenvalue weighted by molar-refractivity contribution is 5.94. The Kier molecular flexibility index (Phi) is 4.80. The molecule has 5 nitrogen and oxygen atoms in total. The first kappa shape index (κ1) is 19.8. The first-order chi connectivity index (χ1) is 13.2. The van der Waals surface area contributed by atoms with Gasteiger partial charge in [0.05, 0.1) is 6.42 Å². The summed E-state index contributed by atoms with van der Waals surface area (Å²) < 4.78 is 0. The Bertz CT molecular complexity index is 743. The molecule has 153 valence electrons. The average molecular weight is 387 g/mol. The van der Waals surface area contributed by atoms with E-state index in [-0.39, 0.29) is 28.4 Å². The summed E-state index contributed by atoms with van der Waals surface area (Å²) in [6.07, 6.45) is 9.84. The number of hydrogen-bond donors (Lipinski definition) is 2. The number of Topliss-reactive ketones (excluding diaryl/α,β-unsaturated/α-hetero) is 1. The molecule has 0 heterocycles. The fourth-order valence-electron chi connectivity index (χ4n) is 7.81. The zero-order chi connectivity index (χ0) is 20.3. The number of amides is 1. The number of hydrogen-bond acceptors (Lipinski definition) is 4. The second-order valence-corrected chi connectivity index (χ2v) is 10.1. The number of rotatable bonds is 3. The quantitative estimate of drug-likeness (QED) is 0.573. The van der Waals surface area contributed by atoms with E-state index in [9.17, 15) is 14.4 Å². The van der Waals surface area contributed by atoms with Gasteiger partial charge in [0.15, 0.2) is 5.78 Å². The minimum absolute atomic E-state index is 0.0797. The van der Waals surface area contributed by atoms with Gasteiger partial charge in [-0.05, 0) is 86.0 Å². The molecule has 1 amide bonds. The molecular weight excluding hydrogens is 354 g/mol. The fraction of sp³-hybridized carbons (Fsp3) is 0.739. The number of carbonyl (C=O) groups excluding carboxylic acids is 3. The number of hydroxylamine groups is 1. The van der Waals surface area contributed by atoms with Crippen LogP contribution in [0.25, 0.3) is 0 Å². The van der Waals surface area contributed by atoms with Crippen molar-refractivity contribution in [2.45, 2.75) is 65.7 Å². The molecule has 3 saturated carbocycles. The lowest BCUT2D eigenvalue weighted by Crippen LogP contribution is -2.54. The van der Waals surface area contributed by atoms with E-state index in [1.165, 1.54) is 12.0 Å². The summed E-state index contributed by atoms with van der Waals surface area (Å²) in [7, 11) is 0. The van der Waals surface area contributed by atoms with E-state index >= 15 is 0 Å². The van der Waals surface area contributed by atoms with Crippen LogP contribution in [0.3, 0.4) is 0 Å². The predicted octanol–water partition coefficient (Wildman–Crippen LogP) is 3.66. The normalized spacial score (nSPS) is 44.8. The maximum Gasteiger partial charge on any atom is 0.247 e. The van der Waals surface area contributed by atoms with Gasteiger partial charge in [-0.15, -0.1) is 0 Å². The number of carbonyl (C=O) groups is 3. The van der Waals surface area contributed by atoms with Crippen LogP contribution in [0.5, 0.6) is 0 Å². The first-order valence-electron chi connectivity index (χ1n) is 10.7. The lowest BCUT2D eigenvalue weighted by atomic mass is 9.44. The van der Waals surface area contributed by atoms with E-state index < -0.39 is 5.91 Å². The van der Waals surface area contributed by atoms with Crippen LogP contribution in [0.1, 0.15) is 65.7 Å². The van der Waals surface area contributed by atoms with Crippen molar-refractivity contribution in [3.63, 3.8) is 0 Å². The van der Waals surface area contributed by atoms with Gasteiger partial charge < -0.3 is 0 Å². The molecule has 1 unspecified atom stereocenters. The number of nitrogens with one attached hydrogen (secondary N) is 1. The van der Waals surface area contributed by atoms with Crippen LogP contribution in [-0.2, 0) is 14.4 Å². The maximum atomic E-state index is 12.3. The fourth-order valence-corrected chi connectivity index (χ4v) is 7.81. The molecule has 0 spiro atoms. The highest BCUT2D eigenvalue weighted by atomic mass is 16.5. The zero-order valence-corrected chi connectivity index (χ0v) is 17.2. The van der Waals surface area contributed by atoms with Crippen molar-refractivity contribution < 1.29 is 19.6 Å². The monoisotopic (exact) mass is 386 g/mol. The topological polar surface area (TPSA) is 83.5 Å². The van der Waals surface area contributed by atoms with Gasteiger partial charge in [-0.25, -0.2) is 5.48 Å². The molecule has 1 radical (unpaired) electrons. The Morgan fingerprint density at radius 1 is 1.18 bits per heavy atom. The molecule has 3 fully saturated rings. The van der Waals surface area contributed by atoms with E-state index in [1.54, 1.807) is 12.4 Å². The van der Waals surface area contributed by atoms with Crippen LogP contribution in [-0.4, -0.2) is 22.7 Å². The molecule has 2 N–H and O–H groups in total. The Hall–Kier alpha value is -1.49. The molecule has 5 heteroatoms. The van der Waals surface area contributed by atoms with E-state index in [2.05, 4.69) is 13.8 Å². The molecule has 0 aromatic heterocycles. The summed E-state index contributed by atoms with van der Waals surface area (Å²) in [5.41, 5.74) is 2.76. The highest BCUT2D eigenvalue weighted by Crippen LogP contribution is 2.67. The van der Waals surface area contributed by atoms with Gasteiger partial charge in [-0.3, -0.25) is 19.6 Å². The van der Waals surface area contributed by atoms with Crippen molar-refractivity contribution >= 4 is 17.5 Å². The van der Waals surface area contributed by atoms with Gasteiger partial charge in [-0.1, -0.05) is 19.4 Å². The summed E-state index contributed by atoms with van der Waals surface area (Å²) in [4.78, 5) is 36.5. The molecular formula is C23H32NO4. The zero-order valence-electron chi connectivity index (χ0n) is 17.2. The number of fused-ring (bicyclic) bond motifs is 5. The van der Waals surface area contributed by atoms with E-state index in [0.717, 1.165) is 38.5 Å². The maximum absolute atomic E-state index is 12.3. The van der Waals surface area contributed by atoms with Gasteiger partial charge in [0, 0.05) is 12.3 Å². The number of ketones is 2. The van der Waals surface area contributed by atoms with Crippen LogP contribution in [0.2, 0.25) is 0 Å². The van der Waals surface area contributed by atoms with Crippen LogP contribution in [0, 0.1) is 46.8 Å². The Morgan fingerprint density at radius 2 is 1.93 bits per heavy atom. The van der Waals surface area contributed by atoms with Crippen LogP contribution in [0.15, 0.2) is 11.6 Å². The van der Waals surface area contributed by atoms with Crippen LogP contribution >= 0.6 is 0 Å². The Balaban J connectivity index is 1.69. The van der Waals surface area contributed by atoms with Crippen LogP contribution < -0.4 is 5.48 Å². The van der Waals surface area contributed by atoms with Gasteiger partial charge in [-0.2, -0.15) is 0 Å². The van der Waals surface area contributed by atoms with Crippen molar-refractivity contribution in [1.82, 2.24) is 5.48 Å². The molecule has 4 rings (SSSR count). The third-order valence-electron chi connectivity index (χ3n) is 9.13. The molecule has 0 aliphatic heterocycles. The lowest BCUT2D eigenvalue weighted by Gasteiger charge is -2.60. The molecule has 28 heavy (non-hydrogen) atoms. The summed E-state index contributed by atoms with van der Waals surface area (Å²) >= 11 is 0. The van der Waals surface area contributed by atoms with E-state index in [0.29, 0.717) is 30.0 Å². The highest BCUT2D eigenvalue weighted by Gasteiger charge is 2.61. The van der Waals surface area contributed by atoms with Crippen molar-refractivity contribution in [3.8, 4) is 0 Å². The first-order valence-corrected chi connectivity index (χ1v) is 10.7. The van der Waals surface area contributed by atoms with Gasteiger partial charge in [0.1, 0.15) is 5.78 Å². The summed E-state index contributed by atoms with van der Waals surface area (Å²) in [5, 5.41) is 9.02. The molecule has 0 saturated heterocycles. The smallest absolute Gasteiger partial charge is 0.247 e.